The van der Waals surface area contributed by atoms with Crippen LogP contribution in [0.5, 0.6) is 0 Å². The van der Waals surface area contributed by atoms with Gasteiger partial charge in [0.1, 0.15) is 0 Å². The van der Waals surface area contributed by atoms with Crippen molar-refractivity contribution in [2.24, 2.45) is 5.92 Å². The lowest BCUT2D eigenvalue weighted by Gasteiger charge is -2.20. The van der Waals surface area contributed by atoms with Crippen LogP contribution in [0.4, 0.5) is 16.2 Å². The van der Waals surface area contributed by atoms with Gasteiger partial charge in [-0.3, -0.25) is 14.9 Å². The molecule has 0 aliphatic carbocycles. The molecule has 0 heterocycles. The van der Waals surface area contributed by atoms with Crippen molar-refractivity contribution in [2.45, 2.75) is 13.8 Å². The van der Waals surface area contributed by atoms with Crippen LogP contribution in [0.3, 0.4) is 0 Å². The molecule has 1 aromatic carbocycles. The zero-order valence-corrected chi connectivity index (χ0v) is 12.0. The van der Waals surface area contributed by atoms with Crippen LogP contribution in [0, 0.1) is 23.0 Å². The van der Waals surface area contributed by atoms with Crippen molar-refractivity contribution in [1.82, 2.24) is 4.90 Å². The van der Waals surface area contributed by atoms with Crippen LogP contribution in [0.25, 0.3) is 0 Å². The Kier molecular flexibility index (Phi) is 5.23. The van der Waals surface area contributed by atoms with Crippen molar-refractivity contribution in [3.8, 4) is 0 Å². The predicted molar refractivity (Wildman–Crippen MR) is 76.3 cm³/mol. The third-order valence-corrected chi connectivity index (χ3v) is 2.98. The number of urea groups is 1. The van der Waals surface area contributed by atoms with Crippen LogP contribution in [0.2, 0.25) is 0 Å². The lowest BCUT2D eigenvalue weighted by atomic mass is 10.1. The second-order valence-corrected chi connectivity index (χ2v) is 4.81. The highest BCUT2D eigenvalue weighted by atomic mass is 16.6. The number of amides is 2. The monoisotopic (exact) mass is 295 g/mol. The summed E-state index contributed by atoms with van der Waals surface area (Å²) >= 11 is 0. The van der Waals surface area contributed by atoms with Gasteiger partial charge in [-0.15, -0.1) is 0 Å². The number of aliphatic carboxylic acids is 1. The number of nitro groups is 1. The highest BCUT2D eigenvalue weighted by Crippen LogP contribution is 2.21. The molecule has 0 aliphatic heterocycles. The molecule has 0 fully saturated rings. The first kappa shape index (κ1) is 16.4. The molecule has 1 rings (SSSR count). The van der Waals surface area contributed by atoms with Gasteiger partial charge in [-0.25, -0.2) is 4.79 Å². The molecule has 21 heavy (non-hydrogen) atoms. The smallest absolute Gasteiger partial charge is 0.321 e. The fraction of sp³-hybridized carbons (Fsp3) is 0.385. The van der Waals surface area contributed by atoms with E-state index in [9.17, 15) is 19.7 Å². The number of rotatable bonds is 5. The second kappa shape index (κ2) is 6.69. The number of carboxylic acids is 1. The molecule has 0 aromatic heterocycles. The van der Waals surface area contributed by atoms with Crippen LogP contribution in [-0.4, -0.2) is 40.5 Å². The molecule has 1 aromatic rings. The number of benzene rings is 1. The molecule has 1 atom stereocenters. The Bertz CT molecular complexity index is 573. The minimum absolute atomic E-state index is 0.0571. The van der Waals surface area contributed by atoms with Gasteiger partial charge in [0.15, 0.2) is 0 Å². The van der Waals surface area contributed by atoms with Gasteiger partial charge in [-0.1, -0.05) is 6.92 Å². The Morgan fingerprint density at radius 1 is 1.48 bits per heavy atom. The van der Waals surface area contributed by atoms with Gasteiger partial charge in [0.05, 0.1) is 10.8 Å². The van der Waals surface area contributed by atoms with Gasteiger partial charge >= 0.3 is 12.0 Å². The van der Waals surface area contributed by atoms with Crippen molar-refractivity contribution < 1.29 is 19.6 Å². The van der Waals surface area contributed by atoms with E-state index in [0.29, 0.717) is 11.3 Å². The van der Waals surface area contributed by atoms with E-state index in [4.69, 9.17) is 5.11 Å². The molecule has 0 saturated carbocycles. The quantitative estimate of drug-likeness (QED) is 0.638. The molecule has 2 amide bonds. The largest absolute Gasteiger partial charge is 0.481 e. The number of aryl methyl sites for hydroxylation is 1. The molecule has 8 nitrogen and oxygen atoms in total. The summed E-state index contributed by atoms with van der Waals surface area (Å²) in [6.07, 6.45) is 0. The Labute approximate surface area is 121 Å². The van der Waals surface area contributed by atoms with Gasteiger partial charge in [-0.2, -0.15) is 0 Å². The fourth-order valence-electron chi connectivity index (χ4n) is 1.68. The number of anilines is 1. The Morgan fingerprint density at radius 2 is 2.10 bits per heavy atom. The normalized spacial score (nSPS) is 11.6. The fourth-order valence-corrected chi connectivity index (χ4v) is 1.68. The first-order chi connectivity index (χ1) is 9.72. The zero-order valence-electron chi connectivity index (χ0n) is 12.0. The molecule has 0 bridgehead atoms. The molecule has 8 heteroatoms. The summed E-state index contributed by atoms with van der Waals surface area (Å²) in [7, 11) is 1.48. The van der Waals surface area contributed by atoms with Gasteiger partial charge in [0.2, 0.25) is 0 Å². The minimum Gasteiger partial charge on any atom is -0.481 e. The maximum absolute atomic E-state index is 11.9. The third kappa shape index (κ3) is 4.44. The first-order valence-electron chi connectivity index (χ1n) is 6.22. The summed E-state index contributed by atoms with van der Waals surface area (Å²) < 4.78 is 0. The van der Waals surface area contributed by atoms with E-state index in [0.717, 1.165) is 0 Å². The van der Waals surface area contributed by atoms with E-state index in [1.807, 2.05) is 0 Å². The van der Waals surface area contributed by atoms with E-state index >= 15 is 0 Å². The average Bonchev–Trinajstić information content (AvgIpc) is 2.40. The van der Waals surface area contributed by atoms with Crippen LogP contribution in [0.1, 0.15) is 12.5 Å². The van der Waals surface area contributed by atoms with Crippen molar-refractivity contribution >= 4 is 23.4 Å². The molecule has 0 saturated heterocycles. The topological polar surface area (TPSA) is 113 Å². The third-order valence-electron chi connectivity index (χ3n) is 2.98. The van der Waals surface area contributed by atoms with Crippen LogP contribution in [0.15, 0.2) is 18.2 Å². The number of nitrogens with zero attached hydrogens (tertiary/aromatic N) is 2. The highest BCUT2D eigenvalue weighted by molar-refractivity contribution is 5.90. The van der Waals surface area contributed by atoms with Crippen molar-refractivity contribution in [3.05, 3.63) is 33.9 Å². The van der Waals surface area contributed by atoms with Crippen molar-refractivity contribution in [1.29, 1.82) is 0 Å². The number of carboxylic acid groups (broad SMARTS) is 1. The van der Waals surface area contributed by atoms with E-state index in [-0.39, 0.29) is 12.2 Å². The second-order valence-electron chi connectivity index (χ2n) is 4.81. The lowest BCUT2D eigenvalue weighted by molar-refractivity contribution is -0.384. The number of non-ortho nitro benzene ring substituents is 1. The number of carbonyl (C=O) groups excluding carboxylic acids is 1. The van der Waals surface area contributed by atoms with Gasteiger partial charge < -0.3 is 15.3 Å². The Hall–Kier alpha value is -2.64. The Morgan fingerprint density at radius 3 is 2.57 bits per heavy atom. The molecule has 0 spiro atoms. The van der Waals surface area contributed by atoms with E-state index < -0.39 is 22.8 Å². The molecule has 0 radical (unpaired) electrons. The standard InChI is InChI=1S/C13H17N3O5/c1-8-6-10(16(20)21)4-5-11(8)14-13(19)15(3)7-9(2)12(17)18/h4-6,9H,7H2,1-3H3,(H,14,19)(H,17,18). The van der Waals surface area contributed by atoms with Crippen LogP contribution in [-0.2, 0) is 4.79 Å². The van der Waals surface area contributed by atoms with Crippen LogP contribution >= 0.6 is 0 Å². The number of hydrogen-bond donors (Lipinski definition) is 2. The summed E-state index contributed by atoms with van der Waals surface area (Å²) in [5, 5.41) is 22.0. The predicted octanol–water partition coefficient (Wildman–Crippen LogP) is 2.09. The number of hydrogen-bond acceptors (Lipinski definition) is 4. The summed E-state index contributed by atoms with van der Waals surface area (Å²) in [4.78, 5) is 34.0. The SMILES string of the molecule is Cc1cc([N+](=O)[O-])ccc1NC(=O)N(C)CC(C)C(=O)O. The highest BCUT2D eigenvalue weighted by Gasteiger charge is 2.18. The minimum atomic E-state index is -0.985. The molecular weight excluding hydrogens is 278 g/mol. The summed E-state index contributed by atoms with van der Waals surface area (Å²) in [5.74, 6) is -1.67. The first-order valence-corrected chi connectivity index (χ1v) is 6.22. The molecule has 0 aliphatic rings. The summed E-state index contributed by atoms with van der Waals surface area (Å²) in [5.41, 5.74) is 0.941. The number of nitrogens with one attached hydrogen (secondary N) is 1. The van der Waals surface area contributed by atoms with Crippen molar-refractivity contribution in [3.63, 3.8) is 0 Å². The lowest BCUT2D eigenvalue weighted by Crippen LogP contribution is -2.36. The van der Waals surface area contributed by atoms with E-state index in [2.05, 4.69) is 5.32 Å². The number of carbonyl (C=O) groups is 2. The van der Waals surface area contributed by atoms with Crippen molar-refractivity contribution in [2.75, 3.05) is 18.9 Å². The van der Waals surface area contributed by atoms with Gasteiger partial charge in [0, 0.05) is 31.4 Å². The average molecular weight is 295 g/mol. The van der Waals surface area contributed by atoms with E-state index in [1.165, 1.54) is 37.1 Å². The molecule has 114 valence electrons. The Balaban J connectivity index is 2.74. The van der Waals surface area contributed by atoms with E-state index in [1.54, 1.807) is 6.92 Å². The summed E-state index contributed by atoms with van der Waals surface area (Å²) in [6, 6.07) is 3.62. The maximum Gasteiger partial charge on any atom is 0.321 e. The number of nitro benzene ring substituents is 1. The molecule has 2 N–H and O–H groups in total. The molecular formula is C13H17N3O5. The summed E-state index contributed by atoms with van der Waals surface area (Å²) in [6.45, 7) is 3.21. The van der Waals surface area contributed by atoms with Gasteiger partial charge in [-0.05, 0) is 18.6 Å². The maximum atomic E-state index is 11.9. The molecule has 1 unspecified atom stereocenters. The van der Waals surface area contributed by atoms with Gasteiger partial charge in [0.25, 0.3) is 5.69 Å². The van der Waals surface area contributed by atoms with Crippen LogP contribution < -0.4 is 5.32 Å². The zero-order chi connectivity index (χ0) is 16.2.